The zero-order valence-electron chi connectivity index (χ0n) is 8.33. The Bertz CT molecular complexity index is 200. The number of nitrogens with zero attached hydrogens (tertiary/aromatic N) is 1. The van der Waals surface area contributed by atoms with Crippen molar-refractivity contribution in [2.45, 2.75) is 26.3 Å². The number of rotatable bonds is 5. The quantitative estimate of drug-likeness (QED) is 0.730. The fraction of sp³-hybridized carbons (Fsp3) is 0.778. The Morgan fingerprint density at radius 3 is 2.69 bits per heavy atom. The van der Waals surface area contributed by atoms with Crippen LogP contribution in [0.5, 0.6) is 0 Å². The molecule has 0 bridgehead atoms. The topological polar surface area (TPSA) is 52.9 Å². The molecular formula is C9H16N2OS. The summed E-state index contributed by atoms with van der Waals surface area (Å²) in [7, 11) is 0. The van der Waals surface area contributed by atoms with E-state index in [2.05, 4.69) is 5.32 Å². The predicted molar refractivity (Wildman–Crippen MR) is 55.4 cm³/mol. The number of hydrogen-bond donors (Lipinski definition) is 1. The maximum Gasteiger partial charge on any atom is 0.237 e. The van der Waals surface area contributed by atoms with Crippen LogP contribution in [0.1, 0.15) is 20.3 Å². The third kappa shape index (κ3) is 4.79. The predicted octanol–water partition coefficient (Wildman–Crippen LogP) is 1.40. The Hall–Kier alpha value is -0.690. The lowest BCUT2D eigenvalue weighted by Gasteiger charge is -2.16. The summed E-state index contributed by atoms with van der Waals surface area (Å²) in [6, 6.07) is 2.11. The lowest BCUT2D eigenvalue weighted by Crippen LogP contribution is -2.38. The highest BCUT2D eigenvalue weighted by Gasteiger charge is 2.15. The summed E-state index contributed by atoms with van der Waals surface area (Å²) in [6.45, 7) is 3.64. The summed E-state index contributed by atoms with van der Waals surface area (Å²) in [4.78, 5) is 11.3. The SMILES string of the molecule is CCC(CSC)NC(=O)C(C)C#N. The first-order valence-corrected chi connectivity index (χ1v) is 5.74. The van der Waals surface area contributed by atoms with Crippen LogP contribution in [0.2, 0.25) is 0 Å². The summed E-state index contributed by atoms with van der Waals surface area (Å²) in [5, 5.41) is 11.3. The first-order valence-electron chi connectivity index (χ1n) is 4.34. The fourth-order valence-electron chi connectivity index (χ4n) is 0.848. The number of amides is 1. The maximum absolute atomic E-state index is 11.3. The van der Waals surface area contributed by atoms with E-state index in [0.717, 1.165) is 12.2 Å². The lowest BCUT2D eigenvalue weighted by molar-refractivity contribution is -0.123. The van der Waals surface area contributed by atoms with Gasteiger partial charge in [0.1, 0.15) is 5.92 Å². The van der Waals surface area contributed by atoms with E-state index in [4.69, 9.17) is 5.26 Å². The van der Waals surface area contributed by atoms with Crippen molar-refractivity contribution in [1.82, 2.24) is 5.32 Å². The number of hydrogen-bond acceptors (Lipinski definition) is 3. The number of carbonyl (C=O) groups excluding carboxylic acids is 1. The zero-order chi connectivity index (χ0) is 10.3. The average molecular weight is 200 g/mol. The summed E-state index contributed by atoms with van der Waals surface area (Å²) >= 11 is 1.70. The van der Waals surface area contributed by atoms with Crippen molar-refractivity contribution in [3.63, 3.8) is 0 Å². The van der Waals surface area contributed by atoms with Crippen molar-refractivity contribution < 1.29 is 4.79 Å². The molecule has 4 heteroatoms. The normalized spacial score (nSPS) is 14.3. The van der Waals surface area contributed by atoms with Crippen molar-refractivity contribution in [1.29, 1.82) is 5.26 Å². The third-order valence-electron chi connectivity index (χ3n) is 1.79. The van der Waals surface area contributed by atoms with Crippen LogP contribution >= 0.6 is 11.8 Å². The molecule has 74 valence electrons. The van der Waals surface area contributed by atoms with E-state index in [-0.39, 0.29) is 11.9 Å². The highest BCUT2D eigenvalue weighted by Crippen LogP contribution is 2.02. The van der Waals surface area contributed by atoms with Gasteiger partial charge in [0.2, 0.25) is 5.91 Å². The van der Waals surface area contributed by atoms with Crippen LogP contribution in [0.4, 0.5) is 0 Å². The Labute approximate surface area is 83.9 Å². The van der Waals surface area contributed by atoms with E-state index in [1.165, 1.54) is 0 Å². The number of nitriles is 1. The monoisotopic (exact) mass is 200 g/mol. The molecule has 2 atom stereocenters. The molecule has 0 saturated heterocycles. The first kappa shape index (κ1) is 12.3. The Morgan fingerprint density at radius 1 is 1.69 bits per heavy atom. The minimum Gasteiger partial charge on any atom is -0.351 e. The molecule has 1 amide bonds. The van der Waals surface area contributed by atoms with Gasteiger partial charge in [0.05, 0.1) is 6.07 Å². The van der Waals surface area contributed by atoms with Crippen molar-refractivity contribution >= 4 is 17.7 Å². The molecule has 0 radical (unpaired) electrons. The molecule has 0 spiro atoms. The van der Waals surface area contributed by atoms with Gasteiger partial charge in [0.25, 0.3) is 0 Å². The van der Waals surface area contributed by atoms with Gasteiger partial charge in [-0.25, -0.2) is 0 Å². The van der Waals surface area contributed by atoms with Crippen LogP contribution in [0.15, 0.2) is 0 Å². The van der Waals surface area contributed by atoms with Crippen LogP contribution in [0.3, 0.4) is 0 Å². The van der Waals surface area contributed by atoms with Gasteiger partial charge in [-0.2, -0.15) is 17.0 Å². The molecule has 0 rings (SSSR count). The number of thioether (sulfide) groups is 1. The summed E-state index contributed by atoms with van der Waals surface area (Å²) in [6.07, 6.45) is 2.91. The van der Waals surface area contributed by atoms with E-state index >= 15 is 0 Å². The molecule has 0 heterocycles. The molecular weight excluding hydrogens is 184 g/mol. The first-order chi connectivity index (χ1) is 6.15. The minimum absolute atomic E-state index is 0.164. The minimum atomic E-state index is -0.545. The van der Waals surface area contributed by atoms with Crippen LogP contribution in [0, 0.1) is 17.2 Å². The molecule has 13 heavy (non-hydrogen) atoms. The third-order valence-corrected chi connectivity index (χ3v) is 2.53. The molecule has 0 aliphatic carbocycles. The lowest BCUT2D eigenvalue weighted by atomic mass is 10.1. The summed E-state index contributed by atoms with van der Waals surface area (Å²) < 4.78 is 0. The van der Waals surface area contributed by atoms with E-state index < -0.39 is 5.92 Å². The second-order valence-electron chi connectivity index (χ2n) is 2.92. The van der Waals surface area contributed by atoms with Gasteiger partial charge in [-0.1, -0.05) is 6.92 Å². The van der Waals surface area contributed by atoms with E-state index in [1.807, 2.05) is 19.2 Å². The number of nitrogens with one attached hydrogen (secondary N) is 1. The molecule has 3 nitrogen and oxygen atoms in total. The second kappa shape index (κ2) is 6.79. The Morgan fingerprint density at radius 2 is 2.31 bits per heavy atom. The van der Waals surface area contributed by atoms with E-state index in [0.29, 0.717) is 0 Å². The fourth-order valence-corrected chi connectivity index (χ4v) is 1.57. The molecule has 0 aliphatic heterocycles. The molecule has 0 saturated carbocycles. The number of carbonyl (C=O) groups is 1. The van der Waals surface area contributed by atoms with Crippen LogP contribution in [0.25, 0.3) is 0 Å². The van der Waals surface area contributed by atoms with Gasteiger partial charge >= 0.3 is 0 Å². The smallest absolute Gasteiger partial charge is 0.237 e. The molecule has 0 aromatic rings. The van der Waals surface area contributed by atoms with Crippen LogP contribution in [-0.4, -0.2) is 24.0 Å². The zero-order valence-corrected chi connectivity index (χ0v) is 9.15. The van der Waals surface area contributed by atoms with E-state index in [1.54, 1.807) is 18.7 Å². The van der Waals surface area contributed by atoms with Crippen molar-refractivity contribution in [2.75, 3.05) is 12.0 Å². The van der Waals surface area contributed by atoms with Crippen LogP contribution < -0.4 is 5.32 Å². The molecule has 0 aliphatic rings. The Balaban J connectivity index is 3.95. The summed E-state index contributed by atoms with van der Waals surface area (Å²) in [5.41, 5.74) is 0. The van der Waals surface area contributed by atoms with Crippen molar-refractivity contribution in [3.05, 3.63) is 0 Å². The van der Waals surface area contributed by atoms with Crippen molar-refractivity contribution in [3.8, 4) is 6.07 Å². The second-order valence-corrected chi connectivity index (χ2v) is 3.83. The van der Waals surface area contributed by atoms with E-state index in [9.17, 15) is 4.79 Å². The largest absolute Gasteiger partial charge is 0.351 e. The van der Waals surface area contributed by atoms with Gasteiger partial charge in [-0.05, 0) is 19.6 Å². The molecule has 0 fully saturated rings. The van der Waals surface area contributed by atoms with Gasteiger partial charge in [0.15, 0.2) is 0 Å². The summed E-state index contributed by atoms with van der Waals surface area (Å²) in [5.74, 6) is 0.194. The molecule has 2 unspecified atom stereocenters. The van der Waals surface area contributed by atoms with Crippen molar-refractivity contribution in [2.24, 2.45) is 5.92 Å². The highest BCUT2D eigenvalue weighted by molar-refractivity contribution is 7.98. The molecule has 0 aromatic heterocycles. The van der Waals surface area contributed by atoms with Gasteiger partial charge in [0, 0.05) is 11.8 Å². The highest BCUT2D eigenvalue weighted by atomic mass is 32.2. The molecule has 0 aromatic carbocycles. The van der Waals surface area contributed by atoms with Gasteiger partial charge in [-0.15, -0.1) is 0 Å². The van der Waals surface area contributed by atoms with Gasteiger partial charge in [-0.3, -0.25) is 4.79 Å². The molecule has 1 N–H and O–H groups in total. The maximum atomic E-state index is 11.3. The van der Waals surface area contributed by atoms with Crippen LogP contribution in [-0.2, 0) is 4.79 Å². The Kier molecular flexibility index (Phi) is 6.43. The average Bonchev–Trinajstić information content (AvgIpc) is 2.15. The van der Waals surface area contributed by atoms with Gasteiger partial charge < -0.3 is 5.32 Å². The standard InChI is InChI=1S/C9H16N2OS/c1-4-8(6-13-3)11-9(12)7(2)5-10/h7-8H,4,6H2,1-3H3,(H,11,12).